The first kappa shape index (κ1) is 16.0. The van der Waals surface area contributed by atoms with Crippen LogP contribution in [0.25, 0.3) is 0 Å². The minimum absolute atomic E-state index is 0.233. The number of benzene rings is 1. The standard InChI is InChI=1S/C16H20O4/c1-11(2)10-20-13-5-6-14(12(3)9-13)15(17)7-8-16(18)19-4/h5-9,11H,10H2,1-4H3/b8-7+. The van der Waals surface area contributed by atoms with E-state index in [0.29, 0.717) is 18.1 Å². The number of rotatable bonds is 6. The zero-order valence-electron chi connectivity index (χ0n) is 12.3. The molecule has 1 aromatic rings. The average Bonchev–Trinajstić information content (AvgIpc) is 2.42. The van der Waals surface area contributed by atoms with Crippen molar-refractivity contribution in [2.45, 2.75) is 20.8 Å². The van der Waals surface area contributed by atoms with Crippen molar-refractivity contribution in [1.82, 2.24) is 0 Å². The molecule has 4 nitrogen and oxygen atoms in total. The van der Waals surface area contributed by atoms with Gasteiger partial charge in [0.05, 0.1) is 13.7 Å². The molecule has 0 amide bonds. The molecule has 0 saturated heterocycles. The molecule has 0 aliphatic heterocycles. The van der Waals surface area contributed by atoms with Gasteiger partial charge in [-0.15, -0.1) is 0 Å². The number of ketones is 1. The smallest absolute Gasteiger partial charge is 0.330 e. The van der Waals surface area contributed by atoms with Gasteiger partial charge in [-0.2, -0.15) is 0 Å². The summed E-state index contributed by atoms with van der Waals surface area (Å²) in [7, 11) is 1.27. The normalized spacial score (nSPS) is 10.8. The Morgan fingerprint density at radius 1 is 1.25 bits per heavy atom. The number of hydrogen-bond donors (Lipinski definition) is 0. The maximum absolute atomic E-state index is 11.9. The summed E-state index contributed by atoms with van der Waals surface area (Å²) < 4.78 is 10.0. The molecule has 1 aromatic carbocycles. The molecule has 0 heterocycles. The minimum Gasteiger partial charge on any atom is -0.493 e. The lowest BCUT2D eigenvalue weighted by Crippen LogP contribution is -2.06. The van der Waals surface area contributed by atoms with E-state index in [4.69, 9.17) is 4.74 Å². The van der Waals surface area contributed by atoms with Crippen LogP contribution in [0.3, 0.4) is 0 Å². The number of esters is 1. The lowest BCUT2D eigenvalue weighted by molar-refractivity contribution is -0.134. The van der Waals surface area contributed by atoms with Crippen LogP contribution >= 0.6 is 0 Å². The molecule has 0 aliphatic rings. The van der Waals surface area contributed by atoms with E-state index in [-0.39, 0.29) is 5.78 Å². The van der Waals surface area contributed by atoms with Gasteiger partial charge >= 0.3 is 5.97 Å². The topological polar surface area (TPSA) is 52.6 Å². The van der Waals surface area contributed by atoms with Crippen LogP contribution in [0.5, 0.6) is 5.75 Å². The first-order valence-electron chi connectivity index (χ1n) is 6.48. The highest BCUT2D eigenvalue weighted by molar-refractivity contribution is 6.07. The highest BCUT2D eigenvalue weighted by Gasteiger charge is 2.08. The van der Waals surface area contributed by atoms with E-state index in [9.17, 15) is 9.59 Å². The average molecular weight is 276 g/mol. The molecule has 108 valence electrons. The summed E-state index contributed by atoms with van der Waals surface area (Å²) in [5.74, 6) is 0.403. The molecule has 0 aliphatic carbocycles. The molecule has 20 heavy (non-hydrogen) atoms. The first-order chi connectivity index (χ1) is 9.43. The van der Waals surface area contributed by atoms with E-state index in [1.807, 2.05) is 13.0 Å². The van der Waals surface area contributed by atoms with Crippen molar-refractivity contribution < 1.29 is 19.1 Å². The number of carbonyl (C=O) groups excluding carboxylic acids is 2. The summed E-state index contributed by atoms with van der Waals surface area (Å²) >= 11 is 0. The lowest BCUT2D eigenvalue weighted by atomic mass is 10.0. The second kappa shape index (κ2) is 7.48. The van der Waals surface area contributed by atoms with Crippen LogP contribution in [0.4, 0.5) is 0 Å². The first-order valence-corrected chi connectivity index (χ1v) is 6.48. The van der Waals surface area contributed by atoms with E-state index in [2.05, 4.69) is 18.6 Å². The second-order valence-electron chi connectivity index (χ2n) is 4.90. The highest BCUT2D eigenvalue weighted by Crippen LogP contribution is 2.18. The van der Waals surface area contributed by atoms with Crippen molar-refractivity contribution >= 4 is 11.8 Å². The van der Waals surface area contributed by atoms with E-state index >= 15 is 0 Å². The van der Waals surface area contributed by atoms with Gasteiger partial charge in [0.1, 0.15) is 5.75 Å². The monoisotopic (exact) mass is 276 g/mol. The summed E-state index contributed by atoms with van der Waals surface area (Å²) in [6.45, 7) is 6.61. The van der Waals surface area contributed by atoms with Gasteiger partial charge in [0.15, 0.2) is 5.78 Å². The fourth-order valence-electron chi connectivity index (χ4n) is 1.57. The molecular weight excluding hydrogens is 256 g/mol. The molecular formula is C16H20O4. The molecule has 0 radical (unpaired) electrons. The van der Waals surface area contributed by atoms with Crippen molar-refractivity contribution in [2.24, 2.45) is 5.92 Å². The Labute approximate surface area is 119 Å². The van der Waals surface area contributed by atoms with Crippen LogP contribution in [-0.2, 0) is 9.53 Å². The summed E-state index contributed by atoms with van der Waals surface area (Å²) in [6.07, 6.45) is 2.33. The molecule has 0 N–H and O–H groups in total. The van der Waals surface area contributed by atoms with E-state index < -0.39 is 5.97 Å². The molecule has 4 heteroatoms. The second-order valence-corrected chi connectivity index (χ2v) is 4.90. The Morgan fingerprint density at radius 2 is 1.95 bits per heavy atom. The van der Waals surface area contributed by atoms with Crippen LogP contribution in [-0.4, -0.2) is 25.5 Å². The number of hydrogen-bond acceptors (Lipinski definition) is 4. The van der Waals surface area contributed by atoms with Crippen LogP contribution in [0.2, 0.25) is 0 Å². The third-order valence-corrected chi connectivity index (χ3v) is 2.62. The highest BCUT2D eigenvalue weighted by atomic mass is 16.5. The van der Waals surface area contributed by atoms with Gasteiger partial charge in [0.2, 0.25) is 0 Å². The maximum Gasteiger partial charge on any atom is 0.330 e. The predicted octanol–water partition coefficient (Wildman–Crippen LogP) is 2.94. The molecule has 0 saturated carbocycles. The summed E-state index contributed by atoms with van der Waals surface area (Å²) in [5.41, 5.74) is 1.35. The number of carbonyl (C=O) groups is 2. The molecule has 0 atom stereocenters. The molecule has 1 rings (SSSR count). The zero-order chi connectivity index (χ0) is 15.1. The van der Waals surface area contributed by atoms with Crippen LogP contribution in [0, 0.1) is 12.8 Å². The Kier molecular flexibility index (Phi) is 5.97. The summed E-state index contributed by atoms with van der Waals surface area (Å²) in [6, 6.07) is 5.28. The van der Waals surface area contributed by atoms with Gasteiger partial charge in [-0.25, -0.2) is 4.79 Å². The molecule has 0 aromatic heterocycles. The van der Waals surface area contributed by atoms with Crippen LogP contribution in [0.15, 0.2) is 30.4 Å². The fraction of sp³-hybridized carbons (Fsp3) is 0.375. The molecule has 0 unspecified atom stereocenters. The Hall–Kier alpha value is -2.10. The minimum atomic E-state index is -0.548. The SMILES string of the molecule is COC(=O)/C=C/C(=O)c1ccc(OCC(C)C)cc1C. The third kappa shape index (κ3) is 4.88. The van der Waals surface area contributed by atoms with Crippen LogP contribution in [0.1, 0.15) is 29.8 Å². The Bertz CT molecular complexity index is 515. The third-order valence-electron chi connectivity index (χ3n) is 2.62. The van der Waals surface area contributed by atoms with Crippen molar-refractivity contribution in [3.63, 3.8) is 0 Å². The quantitative estimate of drug-likeness (QED) is 0.455. The van der Waals surface area contributed by atoms with Gasteiger partial charge in [0, 0.05) is 11.6 Å². The number of aryl methyl sites for hydroxylation is 1. The number of methoxy groups -OCH3 is 1. The number of allylic oxidation sites excluding steroid dienone is 1. The Morgan fingerprint density at radius 3 is 2.50 bits per heavy atom. The number of ether oxygens (including phenoxy) is 2. The van der Waals surface area contributed by atoms with Gasteiger partial charge in [-0.3, -0.25) is 4.79 Å². The largest absolute Gasteiger partial charge is 0.493 e. The van der Waals surface area contributed by atoms with Crippen molar-refractivity contribution in [3.05, 3.63) is 41.5 Å². The van der Waals surface area contributed by atoms with E-state index in [1.54, 1.807) is 12.1 Å². The van der Waals surface area contributed by atoms with Crippen molar-refractivity contribution in [1.29, 1.82) is 0 Å². The van der Waals surface area contributed by atoms with Gasteiger partial charge in [0.25, 0.3) is 0 Å². The van der Waals surface area contributed by atoms with Gasteiger partial charge < -0.3 is 9.47 Å². The molecule has 0 fully saturated rings. The lowest BCUT2D eigenvalue weighted by Gasteiger charge is -2.10. The van der Waals surface area contributed by atoms with Crippen molar-refractivity contribution in [2.75, 3.05) is 13.7 Å². The molecule has 0 bridgehead atoms. The molecule has 0 spiro atoms. The fourth-order valence-corrected chi connectivity index (χ4v) is 1.57. The summed E-state index contributed by atoms with van der Waals surface area (Å²) in [4.78, 5) is 22.9. The Balaban J connectivity index is 2.79. The van der Waals surface area contributed by atoms with E-state index in [0.717, 1.165) is 17.4 Å². The maximum atomic E-state index is 11.9. The zero-order valence-corrected chi connectivity index (χ0v) is 12.3. The van der Waals surface area contributed by atoms with Gasteiger partial charge in [-0.05, 0) is 42.7 Å². The van der Waals surface area contributed by atoms with Gasteiger partial charge in [-0.1, -0.05) is 13.8 Å². The summed E-state index contributed by atoms with van der Waals surface area (Å²) in [5, 5.41) is 0. The van der Waals surface area contributed by atoms with E-state index in [1.165, 1.54) is 13.2 Å². The van der Waals surface area contributed by atoms with Crippen LogP contribution < -0.4 is 4.74 Å². The predicted molar refractivity (Wildman–Crippen MR) is 77.0 cm³/mol. The van der Waals surface area contributed by atoms with Crippen molar-refractivity contribution in [3.8, 4) is 5.75 Å².